The molecule has 0 radical (unpaired) electrons. The summed E-state index contributed by atoms with van der Waals surface area (Å²) >= 11 is 0. The third kappa shape index (κ3) is 4.81. The van der Waals surface area contributed by atoms with Crippen molar-refractivity contribution in [2.75, 3.05) is 13.2 Å². The van der Waals surface area contributed by atoms with Gasteiger partial charge in [-0.05, 0) is 57.9 Å². The number of aliphatic hydroxyl groups is 1. The van der Waals surface area contributed by atoms with Crippen LogP contribution in [0, 0.1) is 13.8 Å². The summed E-state index contributed by atoms with van der Waals surface area (Å²) in [5.74, 6) is 0.684. The number of hydrogen-bond donors (Lipinski definition) is 2. The van der Waals surface area contributed by atoms with Crippen LogP contribution in [0.25, 0.3) is 11.0 Å². The Balaban J connectivity index is 2.11. The van der Waals surface area contributed by atoms with Crippen LogP contribution in [0.3, 0.4) is 0 Å². The smallest absolute Gasteiger partial charge is 0.336 e. The molecule has 2 rings (SSSR count). The van der Waals surface area contributed by atoms with E-state index >= 15 is 0 Å². The number of fused-ring (bicyclic) bond motifs is 1. The molecule has 1 aromatic carbocycles. The molecule has 1 heterocycles. The summed E-state index contributed by atoms with van der Waals surface area (Å²) in [6, 6.07) is 5.11. The molecule has 0 saturated carbocycles. The van der Waals surface area contributed by atoms with E-state index in [1.165, 1.54) is 6.07 Å². The lowest BCUT2D eigenvalue weighted by atomic mass is 10.1. The number of ether oxygens (including phenoxy) is 1. The Morgan fingerprint density at radius 2 is 1.91 bits per heavy atom. The second-order valence-electron chi connectivity index (χ2n) is 6.96. The Morgan fingerprint density at radius 1 is 1.22 bits per heavy atom. The van der Waals surface area contributed by atoms with E-state index in [0.717, 1.165) is 16.5 Å². The molecular formula is C18H25NO4. The average molecular weight is 319 g/mol. The van der Waals surface area contributed by atoms with E-state index in [1.807, 2.05) is 40.7 Å². The normalized spacial score (nSPS) is 13.3. The molecule has 0 saturated heterocycles. The van der Waals surface area contributed by atoms with E-state index < -0.39 is 6.10 Å². The predicted octanol–water partition coefficient (Wildman–Crippen LogP) is 2.54. The molecule has 5 nitrogen and oxygen atoms in total. The fourth-order valence-electron chi connectivity index (χ4n) is 2.27. The van der Waals surface area contributed by atoms with Crippen LogP contribution in [-0.4, -0.2) is 29.9 Å². The molecule has 0 aliphatic rings. The summed E-state index contributed by atoms with van der Waals surface area (Å²) < 4.78 is 11.0. The van der Waals surface area contributed by atoms with Gasteiger partial charge < -0.3 is 19.6 Å². The van der Waals surface area contributed by atoms with E-state index in [-0.39, 0.29) is 17.8 Å². The molecule has 0 aliphatic carbocycles. The lowest BCUT2D eigenvalue weighted by Crippen LogP contribution is -2.42. The minimum Gasteiger partial charge on any atom is -0.491 e. The van der Waals surface area contributed by atoms with Crippen LogP contribution in [0.4, 0.5) is 0 Å². The first-order chi connectivity index (χ1) is 10.7. The van der Waals surface area contributed by atoms with Crippen molar-refractivity contribution in [3.63, 3.8) is 0 Å². The van der Waals surface area contributed by atoms with Crippen LogP contribution in [0.15, 0.2) is 27.4 Å². The molecule has 0 spiro atoms. The topological polar surface area (TPSA) is 71.7 Å². The van der Waals surface area contributed by atoms with E-state index in [0.29, 0.717) is 17.9 Å². The lowest BCUT2D eigenvalue weighted by Gasteiger charge is -2.23. The molecule has 0 amide bonds. The summed E-state index contributed by atoms with van der Waals surface area (Å²) in [6.07, 6.45) is -0.598. The summed E-state index contributed by atoms with van der Waals surface area (Å²) in [4.78, 5) is 11.4. The van der Waals surface area contributed by atoms with Crippen LogP contribution in [0.5, 0.6) is 5.75 Å². The summed E-state index contributed by atoms with van der Waals surface area (Å²) in [7, 11) is 0. The molecule has 2 N–H and O–H groups in total. The van der Waals surface area contributed by atoms with Crippen molar-refractivity contribution < 1.29 is 14.3 Å². The molecule has 0 bridgehead atoms. The van der Waals surface area contributed by atoms with E-state index in [2.05, 4.69) is 5.32 Å². The highest BCUT2D eigenvalue weighted by molar-refractivity contribution is 5.82. The van der Waals surface area contributed by atoms with Crippen molar-refractivity contribution >= 4 is 11.0 Å². The third-order valence-electron chi connectivity index (χ3n) is 3.55. The number of aryl methyl sites for hydroxylation is 2. The van der Waals surface area contributed by atoms with Crippen molar-refractivity contribution in [2.45, 2.75) is 46.3 Å². The number of aliphatic hydroxyl groups excluding tert-OH is 1. The van der Waals surface area contributed by atoms with Gasteiger partial charge in [-0.3, -0.25) is 0 Å². The van der Waals surface area contributed by atoms with Gasteiger partial charge in [-0.15, -0.1) is 0 Å². The summed E-state index contributed by atoms with van der Waals surface area (Å²) in [5, 5.41) is 14.1. The first kappa shape index (κ1) is 17.5. The Morgan fingerprint density at radius 3 is 2.57 bits per heavy atom. The SMILES string of the molecule is Cc1cc2oc(=O)cc(C)c2cc1OC[C@@H](O)CNC(C)(C)C. The van der Waals surface area contributed by atoms with Crippen molar-refractivity contribution in [2.24, 2.45) is 0 Å². The highest BCUT2D eigenvalue weighted by Gasteiger charge is 2.14. The van der Waals surface area contributed by atoms with Gasteiger partial charge in [-0.25, -0.2) is 4.79 Å². The molecule has 5 heteroatoms. The minimum absolute atomic E-state index is 0.0471. The number of hydrogen-bond acceptors (Lipinski definition) is 5. The molecule has 1 atom stereocenters. The molecule has 0 aliphatic heterocycles. The number of benzene rings is 1. The van der Waals surface area contributed by atoms with Gasteiger partial charge in [-0.1, -0.05) is 0 Å². The van der Waals surface area contributed by atoms with Gasteiger partial charge in [0, 0.05) is 23.5 Å². The van der Waals surface area contributed by atoms with Crippen LogP contribution in [-0.2, 0) is 0 Å². The minimum atomic E-state index is -0.598. The maximum atomic E-state index is 11.4. The van der Waals surface area contributed by atoms with Crippen LogP contribution < -0.4 is 15.7 Å². The highest BCUT2D eigenvalue weighted by atomic mass is 16.5. The van der Waals surface area contributed by atoms with Gasteiger partial charge in [0.2, 0.25) is 0 Å². The van der Waals surface area contributed by atoms with Crippen molar-refractivity contribution in [1.29, 1.82) is 0 Å². The predicted molar refractivity (Wildman–Crippen MR) is 91.2 cm³/mol. The molecule has 23 heavy (non-hydrogen) atoms. The van der Waals surface area contributed by atoms with Gasteiger partial charge in [0.25, 0.3) is 0 Å². The number of rotatable bonds is 5. The van der Waals surface area contributed by atoms with E-state index in [9.17, 15) is 9.90 Å². The molecule has 0 fully saturated rings. The zero-order chi connectivity index (χ0) is 17.2. The van der Waals surface area contributed by atoms with E-state index in [1.54, 1.807) is 6.07 Å². The van der Waals surface area contributed by atoms with E-state index in [4.69, 9.17) is 9.15 Å². The van der Waals surface area contributed by atoms with Crippen molar-refractivity contribution in [1.82, 2.24) is 5.32 Å². The van der Waals surface area contributed by atoms with Crippen LogP contribution in [0.1, 0.15) is 31.9 Å². The standard InChI is InChI=1S/C18H25NO4/c1-11-7-17(21)23-16-6-12(2)15(8-14(11)16)22-10-13(20)9-19-18(3,4)5/h6-8,13,19-20H,9-10H2,1-5H3/t13-/m0/s1. The van der Waals surface area contributed by atoms with Crippen molar-refractivity contribution in [3.8, 4) is 5.75 Å². The van der Waals surface area contributed by atoms with Gasteiger partial charge in [0.15, 0.2) is 0 Å². The van der Waals surface area contributed by atoms with Crippen LogP contribution in [0.2, 0.25) is 0 Å². The molecule has 1 aromatic heterocycles. The summed E-state index contributed by atoms with van der Waals surface area (Å²) in [6.45, 7) is 10.5. The van der Waals surface area contributed by atoms with Crippen molar-refractivity contribution in [3.05, 3.63) is 39.7 Å². The number of β-amino-alcohol motifs (C(OH)–C–C–N with tert-alkyl or cyclic N) is 1. The Bertz CT molecular complexity index is 743. The summed E-state index contributed by atoms with van der Waals surface area (Å²) in [5.41, 5.74) is 1.86. The third-order valence-corrected chi connectivity index (χ3v) is 3.55. The first-order valence-corrected chi connectivity index (χ1v) is 7.77. The fraction of sp³-hybridized carbons (Fsp3) is 0.500. The largest absolute Gasteiger partial charge is 0.491 e. The Hall–Kier alpha value is -1.85. The van der Waals surface area contributed by atoms with Gasteiger partial charge >= 0.3 is 5.63 Å². The fourth-order valence-corrected chi connectivity index (χ4v) is 2.27. The quantitative estimate of drug-likeness (QED) is 0.829. The first-order valence-electron chi connectivity index (χ1n) is 7.77. The highest BCUT2D eigenvalue weighted by Crippen LogP contribution is 2.26. The zero-order valence-electron chi connectivity index (χ0n) is 14.4. The maximum Gasteiger partial charge on any atom is 0.336 e. The van der Waals surface area contributed by atoms with Gasteiger partial charge in [0.1, 0.15) is 24.0 Å². The maximum absolute atomic E-state index is 11.4. The number of nitrogens with one attached hydrogen (secondary N) is 1. The van der Waals surface area contributed by atoms with Gasteiger partial charge in [0.05, 0.1) is 0 Å². The lowest BCUT2D eigenvalue weighted by molar-refractivity contribution is 0.0998. The molecular weight excluding hydrogens is 294 g/mol. The Labute approximate surface area is 136 Å². The second-order valence-corrected chi connectivity index (χ2v) is 6.96. The second kappa shape index (κ2) is 6.72. The molecule has 0 unspecified atom stereocenters. The van der Waals surface area contributed by atoms with Crippen LogP contribution >= 0.6 is 0 Å². The monoisotopic (exact) mass is 319 g/mol. The average Bonchev–Trinajstić information content (AvgIpc) is 2.42. The molecule has 126 valence electrons. The molecule has 2 aromatic rings. The zero-order valence-corrected chi connectivity index (χ0v) is 14.4. The van der Waals surface area contributed by atoms with Gasteiger partial charge in [-0.2, -0.15) is 0 Å². The Kier molecular flexibility index (Phi) is 5.12.